The molecule has 2 rings (SSSR count). The number of aliphatic hydroxyl groups excluding tert-OH is 1. The molecule has 0 heterocycles. The van der Waals surface area contributed by atoms with Crippen molar-refractivity contribution < 1.29 is 23.4 Å². The summed E-state index contributed by atoms with van der Waals surface area (Å²) in [6.07, 6.45) is -1.31. The highest BCUT2D eigenvalue weighted by Gasteiger charge is 2.14. The molecule has 0 radical (unpaired) electrons. The minimum atomic E-state index is -1.10. The summed E-state index contributed by atoms with van der Waals surface area (Å²) < 4.78 is 30.3. The molecule has 1 atom stereocenters. The molecule has 122 valence electrons. The molecular weight excluding hydrogens is 304 g/mol. The van der Waals surface area contributed by atoms with Gasteiger partial charge in [0, 0.05) is 11.8 Å². The van der Waals surface area contributed by atoms with Crippen LogP contribution in [0.4, 0.5) is 14.5 Å². The van der Waals surface area contributed by atoms with Crippen molar-refractivity contribution in [2.24, 2.45) is 0 Å². The Hall–Kier alpha value is -2.47. The number of nitrogens with one attached hydrogen (secondary N) is 1. The Bertz CT molecular complexity index is 664. The molecule has 2 aromatic rings. The number of hydrogen-bond acceptors (Lipinski definition) is 3. The van der Waals surface area contributed by atoms with Crippen LogP contribution < -0.4 is 10.1 Å². The number of anilines is 1. The molecule has 0 bridgehead atoms. The molecule has 0 aromatic heterocycles. The normalized spacial score (nSPS) is 11.8. The lowest BCUT2D eigenvalue weighted by molar-refractivity contribution is -0.118. The standard InChI is InChI=1S/C17H17F2NO3/c18-7-8-23-15-6-2-5-14(10-15)20-17(22)11-16(21)12-3-1-4-13(19)9-12/h1-6,9-10,16,21H,7-8,11H2,(H,20,22). The second kappa shape index (κ2) is 8.24. The number of carbonyl (C=O) groups is 1. The summed E-state index contributed by atoms with van der Waals surface area (Å²) >= 11 is 0. The van der Waals surface area contributed by atoms with Gasteiger partial charge in [-0.05, 0) is 29.8 Å². The average molecular weight is 321 g/mol. The van der Waals surface area contributed by atoms with E-state index in [0.717, 1.165) is 0 Å². The number of amides is 1. The molecule has 6 heteroatoms. The molecule has 0 spiro atoms. The number of aliphatic hydroxyl groups is 1. The van der Waals surface area contributed by atoms with Crippen LogP contribution in [0.1, 0.15) is 18.1 Å². The maximum atomic E-state index is 13.1. The summed E-state index contributed by atoms with van der Waals surface area (Å²) in [6, 6.07) is 12.0. The van der Waals surface area contributed by atoms with Gasteiger partial charge in [0.05, 0.1) is 12.5 Å². The van der Waals surface area contributed by atoms with E-state index in [1.165, 1.54) is 18.2 Å². The molecule has 1 amide bonds. The van der Waals surface area contributed by atoms with Gasteiger partial charge in [-0.15, -0.1) is 0 Å². The third-order valence-electron chi connectivity index (χ3n) is 3.08. The Kier molecular flexibility index (Phi) is 6.05. The van der Waals surface area contributed by atoms with E-state index in [1.54, 1.807) is 30.3 Å². The van der Waals surface area contributed by atoms with Crippen LogP contribution in [-0.4, -0.2) is 24.3 Å². The third kappa shape index (κ3) is 5.34. The van der Waals surface area contributed by atoms with Gasteiger partial charge in [0.1, 0.15) is 24.8 Å². The summed E-state index contributed by atoms with van der Waals surface area (Å²) in [5, 5.41) is 12.6. The summed E-state index contributed by atoms with van der Waals surface area (Å²) in [5.41, 5.74) is 0.804. The molecule has 23 heavy (non-hydrogen) atoms. The Labute approximate surface area is 132 Å². The Morgan fingerprint density at radius 2 is 2.00 bits per heavy atom. The average Bonchev–Trinajstić information content (AvgIpc) is 2.53. The zero-order valence-electron chi connectivity index (χ0n) is 12.3. The second-order valence-electron chi connectivity index (χ2n) is 4.89. The van der Waals surface area contributed by atoms with Crippen LogP contribution in [0.3, 0.4) is 0 Å². The van der Waals surface area contributed by atoms with E-state index in [0.29, 0.717) is 17.0 Å². The number of rotatable bonds is 7. The van der Waals surface area contributed by atoms with E-state index in [4.69, 9.17) is 4.74 Å². The molecule has 2 N–H and O–H groups in total. The van der Waals surface area contributed by atoms with E-state index in [1.807, 2.05) is 0 Å². The fourth-order valence-corrected chi connectivity index (χ4v) is 2.04. The van der Waals surface area contributed by atoms with Gasteiger partial charge in [-0.1, -0.05) is 18.2 Å². The molecule has 0 aliphatic carbocycles. The van der Waals surface area contributed by atoms with Crippen LogP contribution in [0.15, 0.2) is 48.5 Å². The Morgan fingerprint density at radius 3 is 2.74 bits per heavy atom. The first kappa shape index (κ1) is 16.9. The van der Waals surface area contributed by atoms with Crippen LogP contribution >= 0.6 is 0 Å². The first-order valence-corrected chi connectivity index (χ1v) is 7.10. The predicted octanol–water partition coefficient (Wildman–Crippen LogP) is 3.24. The number of benzene rings is 2. The van der Waals surface area contributed by atoms with Crippen molar-refractivity contribution in [2.75, 3.05) is 18.6 Å². The number of halogens is 2. The quantitative estimate of drug-likeness (QED) is 0.823. The van der Waals surface area contributed by atoms with Gasteiger partial charge in [-0.2, -0.15) is 0 Å². The van der Waals surface area contributed by atoms with Crippen LogP contribution in [-0.2, 0) is 4.79 Å². The summed E-state index contributed by atoms with van der Waals surface area (Å²) in [5.74, 6) is -0.463. The van der Waals surface area contributed by atoms with Crippen molar-refractivity contribution in [3.8, 4) is 5.75 Å². The summed E-state index contributed by atoms with van der Waals surface area (Å²) in [7, 11) is 0. The number of carbonyl (C=O) groups excluding carboxylic acids is 1. The number of ether oxygens (including phenoxy) is 1. The van der Waals surface area contributed by atoms with Gasteiger partial charge < -0.3 is 15.2 Å². The van der Waals surface area contributed by atoms with Crippen molar-refractivity contribution in [2.45, 2.75) is 12.5 Å². The van der Waals surface area contributed by atoms with Crippen LogP contribution in [0.5, 0.6) is 5.75 Å². The van der Waals surface area contributed by atoms with E-state index in [-0.39, 0.29) is 13.0 Å². The van der Waals surface area contributed by atoms with Gasteiger partial charge in [0.2, 0.25) is 5.91 Å². The molecule has 0 aliphatic rings. The van der Waals surface area contributed by atoms with E-state index >= 15 is 0 Å². The van der Waals surface area contributed by atoms with Crippen molar-refractivity contribution in [1.29, 1.82) is 0 Å². The predicted molar refractivity (Wildman–Crippen MR) is 82.5 cm³/mol. The Balaban J connectivity index is 1.94. The van der Waals surface area contributed by atoms with Crippen LogP contribution in [0, 0.1) is 5.82 Å². The van der Waals surface area contributed by atoms with Crippen LogP contribution in [0.2, 0.25) is 0 Å². The van der Waals surface area contributed by atoms with Gasteiger partial charge in [-0.25, -0.2) is 8.78 Å². The SMILES string of the molecule is O=C(CC(O)c1cccc(F)c1)Nc1cccc(OCCF)c1. The molecular formula is C17H17F2NO3. The zero-order valence-corrected chi connectivity index (χ0v) is 12.3. The molecule has 0 saturated carbocycles. The van der Waals surface area contributed by atoms with E-state index < -0.39 is 24.5 Å². The van der Waals surface area contributed by atoms with Gasteiger partial charge in [0.25, 0.3) is 0 Å². The Morgan fingerprint density at radius 1 is 1.22 bits per heavy atom. The molecule has 4 nitrogen and oxygen atoms in total. The summed E-state index contributed by atoms with van der Waals surface area (Å²) in [6.45, 7) is -0.661. The van der Waals surface area contributed by atoms with Crippen molar-refractivity contribution in [3.05, 3.63) is 59.9 Å². The van der Waals surface area contributed by atoms with Crippen molar-refractivity contribution in [1.82, 2.24) is 0 Å². The van der Waals surface area contributed by atoms with Gasteiger partial charge in [-0.3, -0.25) is 4.79 Å². The van der Waals surface area contributed by atoms with E-state index in [2.05, 4.69) is 5.32 Å². The second-order valence-corrected chi connectivity index (χ2v) is 4.89. The van der Waals surface area contributed by atoms with Crippen molar-refractivity contribution in [3.63, 3.8) is 0 Å². The highest BCUT2D eigenvalue weighted by atomic mass is 19.1. The number of hydrogen-bond donors (Lipinski definition) is 2. The van der Waals surface area contributed by atoms with Crippen LogP contribution in [0.25, 0.3) is 0 Å². The fraction of sp³-hybridized carbons (Fsp3) is 0.235. The zero-order chi connectivity index (χ0) is 16.7. The maximum Gasteiger partial charge on any atom is 0.227 e. The molecule has 0 aliphatic heterocycles. The topological polar surface area (TPSA) is 58.6 Å². The van der Waals surface area contributed by atoms with E-state index in [9.17, 15) is 18.7 Å². The first-order chi connectivity index (χ1) is 11.1. The third-order valence-corrected chi connectivity index (χ3v) is 3.08. The maximum absolute atomic E-state index is 13.1. The molecule has 1 unspecified atom stereocenters. The highest BCUT2D eigenvalue weighted by molar-refractivity contribution is 5.91. The lowest BCUT2D eigenvalue weighted by Crippen LogP contribution is -2.15. The minimum absolute atomic E-state index is 0.0598. The van der Waals surface area contributed by atoms with Crippen molar-refractivity contribution >= 4 is 11.6 Å². The lowest BCUT2D eigenvalue weighted by atomic mass is 10.1. The molecule has 0 saturated heterocycles. The number of alkyl halides is 1. The van der Waals surface area contributed by atoms with Gasteiger partial charge >= 0.3 is 0 Å². The molecule has 0 fully saturated rings. The molecule has 2 aromatic carbocycles. The monoisotopic (exact) mass is 321 g/mol. The summed E-state index contributed by atoms with van der Waals surface area (Å²) in [4.78, 5) is 11.9. The van der Waals surface area contributed by atoms with Gasteiger partial charge in [0.15, 0.2) is 0 Å². The largest absolute Gasteiger partial charge is 0.491 e. The lowest BCUT2D eigenvalue weighted by Gasteiger charge is -2.12. The minimum Gasteiger partial charge on any atom is -0.491 e. The fourth-order valence-electron chi connectivity index (χ4n) is 2.04. The smallest absolute Gasteiger partial charge is 0.227 e. The highest BCUT2D eigenvalue weighted by Crippen LogP contribution is 2.20. The first-order valence-electron chi connectivity index (χ1n) is 7.10.